The minimum atomic E-state index is -0.406. The van der Waals surface area contributed by atoms with Crippen molar-refractivity contribution in [1.82, 2.24) is 0 Å². The quantitative estimate of drug-likeness (QED) is 0.782. The standard InChI is InChI=1S/C16H15ClO3/c1-12(11-19-15-8-3-2-4-9-15)20-16(18)13-6-5-7-14(17)10-13/h2-10,12H,11H2,1H3. The predicted octanol–water partition coefficient (Wildman–Crippen LogP) is 3.96. The zero-order valence-electron chi connectivity index (χ0n) is 11.1. The van der Waals surface area contributed by atoms with Gasteiger partial charge >= 0.3 is 5.97 Å². The zero-order chi connectivity index (χ0) is 14.4. The van der Waals surface area contributed by atoms with Gasteiger partial charge in [-0.3, -0.25) is 0 Å². The van der Waals surface area contributed by atoms with E-state index in [-0.39, 0.29) is 6.10 Å². The lowest BCUT2D eigenvalue weighted by Crippen LogP contribution is -2.22. The van der Waals surface area contributed by atoms with Crippen molar-refractivity contribution < 1.29 is 14.3 Å². The Morgan fingerprint density at radius 3 is 2.60 bits per heavy atom. The highest BCUT2D eigenvalue weighted by atomic mass is 35.5. The molecule has 0 spiro atoms. The van der Waals surface area contributed by atoms with E-state index in [9.17, 15) is 4.79 Å². The molecule has 0 aliphatic heterocycles. The number of rotatable bonds is 5. The fourth-order valence-electron chi connectivity index (χ4n) is 1.63. The Morgan fingerprint density at radius 1 is 1.15 bits per heavy atom. The molecule has 2 aromatic rings. The number of benzene rings is 2. The van der Waals surface area contributed by atoms with Crippen LogP contribution in [0.25, 0.3) is 0 Å². The summed E-state index contributed by atoms with van der Waals surface area (Å²) in [5, 5.41) is 0.507. The van der Waals surface area contributed by atoms with Crippen LogP contribution in [0.15, 0.2) is 54.6 Å². The Hall–Kier alpha value is -2.00. The zero-order valence-corrected chi connectivity index (χ0v) is 11.8. The molecule has 20 heavy (non-hydrogen) atoms. The first-order valence-corrected chi connectivity index (χ1v) is 6.67. The van der Waals surface area contributed by atoms with Crippen molar-refractivity contribution in [2.45, 2.75) is 13.0 Å². The Labute approximate surface area is 123 Å². The Kier molecular flexibility index (Phi) is 5.02. The van der Waals surface area contributed by atoms with Gasteiger partial charge in [0.1, 0.15) is 18.5 Å². The van der Waals surface area contributed by atoms with Crippen LogP contribution in [0.1, 0.15) is 17.3 Å². The van der Waals surface area contributed by atoms with Crippen LogP contribution in [-0.4, -0.2) is 18.7 Å². The van der Waals surface area contributed by atoms with Crippen LogP contribution in [0.5, 0.6) is 5.75 Å². The molecule has 0 amide bonds. The molecule has 4 heteroatoms. The lowest BCUT2D eigenvalue weighted by atomic mass is 10.2. The normalized spacial score (nSPS) is 11.7. The number of hydrogen-bond donors (Lipinski definition) is 0. The molecule has 2 aromatic carbocycles. The van der Waals surface area contributed by atoms with Crippen LogP contribution in [0.4, 0.5) is 0 Å². The number of ether oxygens (including phenoxy) is 2. The van der Waals surface area contributed by atoms with Gasteiger partial charge in [-0.25, -0.2) is 4.79 Å². The molecule has 0 aromatic heterocycles. The van der Waals surface area contributed by atoms with Gasteiger partial charge in [0, 0.05) is 5.02 Å². The summed E-state index contributed by atoms with van der Waals surface area (Å²) < 4.78 is 10.8. The molecule has 3 nitrogen and oxygen atoms in total. The molecule has 0 saturated carbocycles. The van der Waals surface area contributed by atoms with Gasteiger partial charge < -0.3 is 9.47 Å². The van der Waals surface area contributed by atoms with Crippen molar-refractivity contribution in [1.29, 1.82) is 0 Å². The largest absolute Gasteiger partial charge is 0.490 e. The van der Waals surface area contributed by atoms with Crippen LogP contribution >= 0.6 is 11.6 Å². The summed E-state index contributed by atoms with van der Waals surface area (Å²) in [6.45, 7) is 2.09. The highest BCUT2D eigenvalue weighted by Crippen LogP contribution is 2.13. The van der Waals surface area contributed by atoms with E-state index in [4.69, 9.17) is 21.1 Å². The molecule has 104 valence electrons. The number of hydrogen-bond acceptors (Lipinski definition) is 3. The molecule has 0 aliphatic carbocycles. The second-order valence-corrected chi connectivity index (χ2v) is 4.79. The van der Waals surface area contributed by atoms with Gasteiger partial charge in [0.25, 0.3) is 0 Å². The summed E-state index contributed by atoms with van der Waals surface area (Å²) >= 11 is 5.83. The lowest BCUT2D eigenvalue weighted by molar-refractivity contribution is 0.0228. The number of carbonyl (C=O) groups is 1. The van der Waals surface area contributed by atoms with Crippen molar-refractivity contribution in [3.8, 4) is 5.75 Å². The van der Waals surface area contributed by atoms with E-state index in [0.29, 0.717) is 17.2 Å². The lowest BCUT2D eigenvalue weighted by Gasteiger charge is -2.14. The second kappa shape index (κ2) is 6.96. The molecule has 0 radical (unpaired) electrons. The maximum atomic E-state index is 11.9. The number of carbonyl (C=O) groups excluding carboxylic acids is 1. The van der Waals surface area contributed by atoms with Crippen molar-refractivity contribution in [3.63, 3.8) is 0 Å². The third-order valence-electron chi connectivity index (χ3n) is 2.60. The molecule has 0 bridgehead atoms. The van der Waals surface area contributed by atoms with E-state index in [2.05, 4.69) is 0 Å². The van der Waals surface area contributed by atoms with Crippen LogP contribution in [0.2, 0.25) is 5.02 Å². The fourth-order valence-corrected chi connectivity index (χ4v) is 1.82. The molecule has 0 N–H and O–H groups in total. The van der Waals surface area contributed by atoms with Gasteiger partial charge in [0.05, 0.1) is 5.56 Å². The SMILES string of the molecule is CC(COc1ccccc1)OC(=O)c1cccc(Cl)c1. The van der Waals surface area contributed by atoms with Crippen molar-refractivity contribution in [2.75, 3.05) is 6.61 Å². The second-order valence-electron chi connectivity index (χ2n) is 4.35. The van der Waals surface area contributed by atoms with Gasteiger partial charge in [0.2, 0.25) is 0 Å². The maximum Gasteiger partial charge on any atom is 0.338 e. The Balaban J connectivity index is 1.85. The van der Waals surface area contributed by atoms with Gasteiger partial charge in [-0.05, 0) is 37.3 Å². The maximum absolute atomic E-state index is 11.9. The predicted molar refractivity (Wildman–Crippen MR) is 78.3 cm³/mol. The van der Waals surface area contributed by atoms with Crippen LogP contribution in [-0.2, 0) is 4.74 Å². The monoisotopic (exact) mass is 290 g/mol. The first kappa shape index (κ1) is 14.4. The summed E-state index contributed by atoms with van der Waals surface area (Å²) in [6, 6.07) is 16.1. The van der Waals surface area contributed by atoms with Gasteiger partial charge in [-0.15, -0.1) is 0 Å². The topological polar surface area (TPSA) is 35.5 Å². The molecule has 0 fully saturated rings. The molecular weight excluding hydrogens is 276 g/mol. The molecule has 0 saturated heterocycles. The first-order chi connectivity index (χ1) is 9.65. The third kappa shape index (κ3) is 4.28. The Bertz CT molecular complexity index is 569. The number of halogens is 1. The smallest absolute Gasteiger partial charge is 0.338 e. The molecular formula is C16H15ClO3. The average molecular weight is 291 g/mol. The summed E-state index contributed by atoms with van der Waals surface area (Å²) in [5.41, 5.74) is 0.434. The van der Waals surface area contributed by atoms with Gasteiger partial charge in [-0.2, -0.15) is 0 Å². The molecule has 0 aliphatic rings. The molecule has 0 heterocycles. The average Bonchev–Trinajstić information content (AvgIpc) is 2.46. The van der Waals surface area contributed by atoms with E-state index in [1.807, 2.05) is 30.3 Å². The van der Waals surface area contributed by atoms with E-state index >= 15 is 0 Å². The molecule has 1 atom stereocenters. The van der Waals surface area contributed by atoms with Crippen LogP contribution < -0.4 is 4.74 Å². The summed E-state index contributed by atoms with van der Waals surface area (Å²) in [5.74, 6) is 0.342. The highest BCUT2D eigenvalue weighted by molar-refractivity contribution is 6.30. The van der Waals surface area contributed by atoms with E-state index in [1.165, 1.54) is 0 Å². The van der Waals surface area contributed by atoms with Crippen molar-refractivity contribution in [3.05, 3.63) is 65.2 Å². The van der Waals surface area contributed by atoms with Crippen LogP contribution in [0.3, 0.4) is 0 Å². The van der Waals surface area contributed by atoms with Gasteiger partial charge in [-0.1, -0.05) is 35.9 Å². The summed E-state index contributed by atoms with van der Waals surface area (Å²) in [4.78, 5) is 11.9. The van der Waals surface area contributed by atoms with Crippen LogP contribution in [0, 0.1) is 0 Å². The number of para-hydroxylation sites is 1. The first-order valence-electron chi connectivity index (χ1n) is 6.29. The Morgan fingerprint density at radius 2 is 1.90 bits per heavy atom. The molecule has 2 rings (SSSR count). The van der Waals surface area contributed by atoms with Crippen molar-refractivity contribution in [2.24, 2.45) is 0 Å². The highest BCUT2D eigenvalue weighted by Gasteiger charge is 2.12. The van der Waals surface area contributed by atoms with E-state index in [1.54, 1.807) is 31.2 Å². The van der Waals surface area contributed by atoms with Gasteiger partial charge in [0.15, 0.2) is 0 Å². The van der Waals surface area contributed by atoms with E-state index < -0.39 is 5.97 Å². The summed E-state index contributed by atoms with van der Waals surface area (Å²) in [6.07, 6.45) is -0.346. The minimum Gasteiger partial charge on any atom is -0.490 e. The van der Waals surface area contributed by atoms with Crippen molar-refractivity contribution >= 4 is 17.6 Å². The number of esters is 1. The summed E-state index contributed by atoms with van der Waals surface area (Å²) in [7, 11) is 0. The minimum absolute atomic E-state index is 0.302. The molecule has 1 unspecified atom stereocenters. The third-order valence-corrected chi connectivity index (χ3v) is 2.83. The van der Waals surface area contributed by atoms with E-state index in [0.717, 1.165) is 5.75 Å². The fraction of sp³-hybridized carbons (Fsp3) is 0.188.